The second-order valence-corrected chi connectivity index (χ2v) is 23.8. The maximum Gasteiger partial charge on any atom is 0.415 e. The van der Waals surface area contributed by atoms with Gasteiger partial charge in [0.1, 0.15) is 18.1 Å². The SMILES string of the molecule is CC(C)[C@@H](CN[C@@H](CCCNC(N)=O)CNc1ccc(COc2cc3c(c4ccccc24)[C@H](CCl)CN3C(=O)CCCC(=O)N2C[C@@H](CCl)c3c2cc(OC(=O)N2CCN(C)CC2)c2ccccc32)cc1)NCCCCCCN1C(=O)C=CC1=O. The number of carbonyl (C=O) groups excluding carboxylic acids is 6. The number of piperazine rings is 1. The summed E-state index contributed by atoms with van der Waals surface area (Å²) in [6, 6.07) is 27.6. The first-order valence-corrected chi connectivity index (χ1v) is 31.3. The summed E-state index contributed by atoms with van der Waals surface area (Å²) in [5.41, 5.74) is 10.7. The van der Waals surface area contributed by atoms with Gasteiger partial charge in [0.15, 0.2) is 0 Å². The predicted molar refractivity (Wildman–Crippen MR) is 337 cm³/mol. The molecule has 4 aliphatic heterocycles. The van der Waals surface area contributed by atoms with Gasteiger partial charge in [-0.25, -0.2) is 9.59 Å². The van der Waals surface area contributed by atoms with Crippen LogP contribution in [0.4, 0.5) is 26.7 Å². The molecule has 85 heavy (non-hydrogen) atoms. The summed E-state index contributed by atoms with van der Waals surface area (Å²) in [6.07, 6.45) is 8.15. The molecular formula is C65H82Cl2N10O8. The summed E-state index contributed by atoms with van der Waals surface area (Å²) in [5.74, 6) is 1.17. The van der Waals surface area contributed by atoms with Crippen LogP contribution < -0.4 is 46.3 Å². The number of rotatable bonds is 29. The monoisotopic (exact) mass is 1200 g/mol. The van der Waals surface area contributed by atoms with E-state index >= 15 is 0 Å². The van der Waals surface area contributed by atoms with Gasteiger partial charge in [-0.15, -0.1) is 23.2 Å². The Balaban J connectivity index is 0.795. The van der Waals surface area contributed by atoms with Gasteiger partial charge in [0.25, 0.3) is 11.8 Å². The number of benzene rings is 5. The van der Waals surface area contributed by atoms with E-state index in [1.807, 2.05) is 85.9 Å². The molecule has 0 spiro atoms. The predicted octanol–water partition coefficient (Wildman–Crippen LogP) is 9.44. The summed E-state index contributed by atoms with van der Waals surface area (Å²) in [6.45, 7) is 11.4. The minimum Gasteiger partial charge on any atom is -0.488 e. The van der Waals surface area contributed by atoms with Gasteiger partial charge in [-0.3, -0.25) is 24.1 Å². The van der Waals surface area contributed by atoms with E-state index in [1.54, 1.807) is 14.7 Å². The van der Waals surface area contributed by atoms with E-state index in [2.05, 4.69) is 46.1 Å². The molecule has 454 valence electrons. The fourth-order valence-electron chi connectivity index (χ4n) is 12.0. The van der Waals surface area contributed by atoms with Crippen molar-refractivity contribution < 1.29 is 38.2 Å². The highest BCUT2D eigenvalue weighted by Gasteiger charge is 2.37. The third-order valence-corrected chi connectivity index (χ3v) is 17.7. The summed E-state index contributed by atoms with van der Waals surface area (Å²) in [4.78, 5) is 85.9. The fourth-order valence-corrected chi connectivity index (χ4v) is 12.5. The average Bonchev–Trinajstić information content (AvgIpc) is 1.84. The summed E-state index contributed by atoms with van der Waals surface area (Å²) < 4.78 is 12.7. The molecule has 1 saturated heterocycles. The van der Waals surface area contributed by atoms with Crippen LogP contribution in [-0.4, -0.2) is 153 Å². The highest BCUT2D eigenvalue weighted by atomic mass is 35.5. The van der Waals surface area contributed by atoms with E-state index < -0.39 is 12.1 Å². The minimum absolute atomic E-state index is 0.0978. The van der Waals surface area contributed by atoms with Gasteiger partial charge in [-0.2, -0.15) is 0 Å². The minimum atomic E-state index is -0.536. The molecule has 4 aliphatic rings. The highest BCUT2D eigenvalue weighted by Crippen LogP contribution is 2.48. The van der Waals surface area contributed by atoms with Crippen molar-refractivity contribution in [1.29, 1.82) is 0 Å². The molecule has 7 amide bonds. The first kappa shape index (κ1) is 62.6. The van der Waals surface area contributed by atoms with E-state index in [-0.39, 0.29) is 67.0 Å². The lowest BCUT2D eigenvalue weighted by Gasteiger charge is -2.31. The second kappa shape index (κ2) is 29.9. The van der Waals surface area contributed by atoms with Crippen molar-refractivity contribution in [2.75, 3.05) is 106 Å². The van der Waals surface area contributed by atoms with E-state index in [0.717, 1.165) is 114 Å². The van der Waals surface area contributed by atoms with Gasteiger partial charge in [0, 0.05) is 155 Å². The van der Waals surface area contributed by atoms with Gasteiger partial charge in [0.2, 0.25) is 11.8 Å². The number of likely N-dealkylation sites (N-methyl/N-ethyl adjacent to an activating group) is 1. The lowest BCUT2D eigenvalue weighted by Crippen LogP contribution is -2.48. The topological polar surface area (TPSA) is 211 Å². The van der Waals surface area contributed by atoms with Crippen molar-refractivity contribution in [2.24, 2.45) is 11.7 Å². The molecule has 1 fully saturated rings. The van der Waals surface area contributed by atoms with E-state index in [1.165, 1.54) is 17.1 Å². The van der Waals surface area contributed by atoms with E-state index in [4.69, 9.17) is 38.4 Å². The molecule has 20 heteroatoms. The molecule has 5 aromatic carbocycles. The third kappa shape index (κ3) is 15.7. The molecule has 4 heterocycles. The first-order chi connectivity index (χ1) is 41.2. The second-order valence-electron chi connectivity index (χ2n) is 23.2. The van der Waals surface area contributed by atoms with Crippen molar-refractivity contribution in [3.63, 3.8) is 0 Å². The van der Waals surface area contributed by atoms with Crippen LogP contribution in [-0.2, 0) is 25.8 Å². The quantitative estimate of drug-likeness (QED) is 0.0172. The Hall–Kier alpha value is -6.96. The average molecular weight is 1200 g/mol. The number of urea groups is 1. The highest BCUT2D eigenvalue weighted by molar-refractivity contribution is 6.19. The largest absolute Gasteiger partial charge is 0.488 e. The van der Waals surface area contributed by atoms with Crippen LogP contribution in [0.2, 0.25) is 0 Å². The van der Waals surface area contributed by atoms with E-state index in [0.29, 0.717) is 87.1 Å². The van der Waals surface area contributed by atoms with Crippen LogP contribution in [0, 0.1) is 5.92 Å². The lowest BCUT2D eigenvalue weighted by atomic mass is 9.95. The zero-order valence-electron chi connectivity index (χ0n) is 49.2. The number of ether oxygens (including phenoxy) is 2. The zero-order valence-corrected chi connectivity index (χ0v) is 50.7. The Bertz CT molecular complexity index is 3190. The van der Waals surface area contributed by atoms with Crippen LogP contribution in [0.15, 0.2) is 97.1 Å². The number of nitrogens with two attached hydrogens (primary N) is 1. The maximum absolute atomic E-state index is 14.4. The first-order valence-electron chi connectivity index (χ1n) is 30.2. The van der Waals surface area contributed by atoms with Crippen molar-refractivity contribution in [3.8, 4) is 11.5 Å². The lowest BCUT2D eigenvalue weighted by molar-refractivity contribution is -0.137. The van der Waals surface area contributed by atoms with Crippen molar-refractivity contribution in [3.05, 3.63) is 114 Å². The van der Waals surface area contributed by atoms with Crippen molar-refractivity contribution in [1.82, 2.24) is 30.7 Å². The van der Waals surface area contributed by atoms with Gasteiger partial charge >= 0.3 is 12.1 Å². The number of anilines is 3. The van der Waals surface area contributed by atoms with Gasteiger partial charge < -0.3 is 56.1 Å². The molecule has 5 aromatic rings. The number of halogens is 2. The van der Waals surface area contributed by atoms with E-state index in [9.17, 15) is 28.8 Å². The van der Waals surface area contributed by atoms with Gasteiger partial charge in [0.05, 0.1) is 11.4 Å². The third-order valence-electron chi connectivity index (χ3n) is 16.9. The fraction of sp³-hybridized carbons (Fsp3) is 0.477. The van der Waals surface area contributed by atoms with Crippen LogP contribution in [0.3, 0.4) is 0 Å². The summed E-state index contributed by atoms with van der Waals surface area (Å²) >= 11 is 13.3. The molecule has 0 aromatic heterocycles. The number of fused-ring (bicyclic) bond motifs is 6. The Kier molecular flexibility index (Phi) is 22.0. The molecule has 0 unspecified atom stereocenters. The number of alkyl halides is 2. The van der Waals surface area contributed by atoms with Crippen molar-refractivity contribution in [2.45, 2.75) is 102 Å². The van der Waals surface area contributed by atoms with Crippen LogP contribution in [0.25, 0.3) is 21.5 Å². The molecular weight excluding hydrogens is 1120 g/mol. The number of hydrogen-bond donors (Lipinski definition) is 5. The molecule has 4 atom stereocenters. The van der Waals surface area contributed by atoms with Crippen molar-refractivity contribution >= 4 is 97.6 Å². The van der Waals surface area contributed by atoms with Crippen LogP contribution >= 0.6 is 23.2 Å². The molecule has 0 radical (unpaired) electrons. The molecule has 0 aliphatic carbocycles. The Morgan fingerprint density at radius 1 is 0.671 bits per heavy atom. The number of imide groups is 1. The standard InChI is InChI=1S/C65H82Cl2N10O8/c1-43(2)53(69-27-10-4-5-11-29-75-60(80)25-26-61(75)81)39-72-48(14-13-28-70-64(68)82)38-71-47-23-21-44(22-24-47)42-84-56-34-54-62(51-17-8-6-15-49(51)56)45(36-66)40-76(54)58(78)19-12-20-59(79)77-41-46(37-67)63-52-18-9-7-16-50(52)57(35-55(63)77)85-65(83)74-32-30-73(3)31-33-74/h6-9,15-18,21-26,34-35,43,45-46,48,53,69,71-72H,4-5,10-14,19-20,27-33,36-42H2,1-3H3,(H3,68,70,82)/t45-,46-,48+,53-/m1/s1. The number of carbonyl (C=O) groups is 6. The smallest absolute Gasteiger partial charge is 0.415 e. The van der Waals surface area contributed by atoms with Gasteiger partial charge in [-0.1, -0.05) is 87.4 Å². The molecule has 9 rings (SSSR count). The number of nitrogens with zero attached hydrogens (tertiary/aromatic N) is 5. The number of amides is 7. The summed E-state index contributed by atoms with van der Waals surface area (Å²) in [5, 5.41) is 17.4. The Morgan fingerprint density at radius 2 is 1.25 bits per heavy atom. The van der Waals surface area contributed by atoms with Crippen LogP contribution in [0.5, 0.6) is 11.5 Å². The Morgan fingerprint density at radius 3 is 1.84 bits per heavy atom. The number of unbranched alkanes of at least 4 members (excludes halogenated alkanes) is 3. The molecule has 18 nitrogen and oxygen atoms in total. The zero-order chi connectivity index (χ0) is 60.0. The van der Waals surface area contributed by atoms with Gasteiger partial charge in [-0.05, 0) is 91.2 Å². The molecule has 6 N–H and O–H groups in total. The number of nitrogens with one attached hydrogen (secondary N) is 4. The number of hydrogen-bond acceptors (Lipinski definition) is 12. The van der Waals surface area contributed by atoms with Crippen LogP contribution in [0.1, 0.15) is 100 Å². The number of primary amides is 1. The molecule has 0 saturated carbocycles. The molecule has 0 bridgehead atoms. The maximum atomic E-state index is 14.4. The normalized spacial score (nSPS) is 17.5. The summed E-state index contributed by atoms with van der Waals surface area (Å²) in [7, 11) is 2.03. The Labute approximate surface area is 509 Å².